The van der Waals surface area contributed by atoms with E-state index in [9.17, 15) is 4.79 Å². The number of amides is 1. The molecule has 1 saturated carbocycles. The van der Waals surface area contributed by atoms with Gasteiger partial charge in [0.2, 0.25) is 5.91 Å². The Labute approximate surface area is 138 Å². The van der Waals surface area contributed by atoms with Crippen LogP contribution in [0.1, 0.15) is 50.5 Å². The van der Waals surface area contributed by atoms with E-state index in [4.69, 9.17) is 0 Å². The van der Waals surface area contributed by atoms with Crippen LogP contribution in [0.25, 0.3) is 0 Å². The number of fused-ring (bicyclic) bond motifs is 4. The summed E-state index contributed by atoms with van der Waals surface area (Å²) < 4.78 is 0. The molecule has 2 saturated heterocycles. The minimum absolute atomic E-state index is 0.318. The summed E-state index contributed by atoms with van der Waals surface area (Å²) in [4.78, 5) is 17.7. The molecule has 3 heteroatoms. The smallest absolute Gasteiger partial charge is 0.227 e. The SMILES string of the molecule is CN1C2CCC1CC(CC(=O)N1CC3(CC3)c3ccccc31)C2. The molecule has 1 amide bonds. The van der Waals surface area contributed by atoms with Gasteiger partial charge in [-0.3, -0.25) is 4.79 Å². The lowest BCUT2D eigenvalue weighted by molar-refractivity contribution is -0.120. The highest BCUT2D eigenvalue weighted by atomic mass is 16.2. The molecular weight excluding hydrogens is 284 g/mol. The zero-order valence-corrected chi connectivity index (χ0v) is 14.0. The molecule has 1 aromatic rings. The van der Waals surface area contributed by atoms with Crippen LogP contribution in [0.3, 0.4) is 0 Å². The van der Waals surface area contributed by atoms with Crippen molar-refractivity contribution in [2.24, 2.45) is 5.92 Å². The molecule has 2 atom stereocenters. The zero-order valence-electron chi connectivity index (χ0n) is 14.0. The summed E-state index contributed by atoms with van der Waals surface area (Å²) in [5.74, 6) is 0.967. The van der Waals surface area contributed by atoms with Gasteiger partial charge in [-0.15, -0.1) is 0 Å². The number of para-hydroxylation sites is 1. The van der Waals surface area contributed by atoms with E-state index in [0.717, 1.165) is 25.0 Å². The lowest BCUT2D eigenvalue weighted by Crippen LogP contribution is -2.42. The largest absolute Gasteiger partial charge is 0.311 e. The molecule has 0 aromatic heterocycles. The van der Waals surface area contributed by atoms with Crippen LogP contribution in [-0.2, 0) is 10.2 Å². The molecular formula is C20H26N2O. The van der Waals surface area contributed by atoms with Crippen LogP contribution in [-0.4, -0.2) is 36.5 Å². The Kier molecular flexibility index (Phi) is 2.94. The minimum atomic E-state index is 0.318. The summed E-state index contributed by atoms with van der Waals surface area (Å²) >= 11 is 0. The Morgan fingerprint density at radius 3 is 2.57 bits per heavy atom. The Hall–Kier alpha value is -1.35. The quantitative estimate of drug-likeness (QED) is 0.836. The van der Waals surface area contributed by atoms with Crippen LogP contribution in [0.4, 0.5) is 5.69 Å². The number of hydrogen-bond acceptors (Lipinski definition) is 2. The van der Waals surface area contributed by atoms with Crippen LogP contribution in [0, 0.1) is 5.92 Å². The number of carbonyl (C=O) groups is 1. The van der Waals surface area contributed by atoms with E-state index in [2.05, 4.69) is 41.1 Å². The molecule has 3 heterocycles. The van der Waals surface area contributed by atoms with Crippen LogP contribution >= 0.6 is 0 Å². The predicted octanol–water partition coefficient (Wildman–Crippen LogP) is 3.33. The first-order valence-corrected chi connectivity index (χ1v) is 9.28. The van der Waals surface area contributed by atoms with Crippen molar-refractivity contribution in [3.63, 3.8) is 0 Å². The summed E-state index contributed by atoms with van der Waals surface area (Å²) in [5.41, 5.74) is 2.95. The van der Waals surface area contributed by atoms with Crippen LogP contribution in [0.5, 0.6) is 0 Å². The van der Waals surface area contributed by atoms with E-state index in [-0.39, 0.29) is 0 Å². The molecule has 0 radical (unpaired) electrons. The van der Waals surface area contributed by atoms with Gasteiger partial charge in [-0.25, -0.2) is 0 Å². The average molecular weight is 310 g/mol. The number of carbonyl (C=O) groups excluding carboxylic acids is 1. The number of rotatable bonds is 2. The molecule has 3 aliphatic heterocycles. The first-order valence-electron chi connectivity index (χ1n) is 9.28. The first-order chi connectivity index (χ1) is 11.2. The fourth-order valence-electron chi connectivity index (χ4n) is 5.48. The fraction of sp³-hybridized carbons (Fsp3) is 0.650. The predicted molar refractivity (Wildman–Crippen MR) is 91.6 cm³/mol. The standard InChI is InChI=1S/C20H26N2O/c1-21-15-6-7-16(21)11-14(10-15)12-19(23)22-13-20(8-9-20)17-4-2-3-5-18(17)22/h2-5,14-16H,6-13H2,1H3. The monoisotopic (exact) mass is 310 g/mol. The first kappa shape index (κ1) is 14.0. The van der Waals surface area contributed by atoms with Crippen molar-refractivity contribution in [2.75, 3.05) is 18.5 Å². The number of hydrogen-bond donors (Lipinski definition) is 0. The molecule has 1 aromatic carbocycles. The maximum Gasteiger partial charge on any atom is 0.227 e. The van der Waals surface area contributed by atoms with Gasteiger partial charge < -0.3 is 9.80 Å². The summed E-state index contributed by atoms with van der Waals surface area (Å²) in [6.45, 7) is 0.935. The van der Waals surface area contributed by atoms with Crippen LogP contribution in [0.15, 0.2) is 24.3 Å². The molecule has 3 fully saturated rings. The van der Waals surface area contributed by atoms with Gasteiger partial charge in [0, 0.05) is 36.2 Å². The number of anilines is 1. The second-order valence-electron chi connectivity index (χ2n) is 8.37. The van der Waals surface area contributed by atoms with Crippen molar-refractivity contribution < 1.29 is 4.79 Å². The van der Waals surface area contributed by atoms with E-state index in [1.165, 1.54) is 49.8 Å². The van der Waals surface area contributed by atoms with Gasteiger partial charge in [0.1, 0.15) is 0 Å². The number of benzene rings is 1. The molecule has 2 bridgehead atoms. The molecule has 23 heavy (non-hydrogen) atoms. The van der Waals surface area contributed by atoms with Gasteiger partial charge in [0.15, 0.2) is 0 Å². The van der Waals surface area contributed by atoms with E-state index in [1.54, 1.807) is 0 Å². The molecule has 3 nitrogen and oxygen atoms in total. The summed E-state index contributed by atoms with van der Waals surface area (Å²) in [6, 6.07) is 10.1. The molecule has 4 aliphatic rings. The molecule has 0 N–H and O–H groups in total. The highest BCUT2D eigenvalue weighted by molar-refractivity contribution is 5.96. The van der Waals surface area contributed by atoms with Crippen LogP contribution in [0.2, 0.25) is 0 Å². The summed E-state index contributed by atoms with van der Waals surface area (Å²) in [5, 5.41) is 0. The van der Waals surface area contributed by atoms with Crippen molar-refractivity contribution in [3.05, 3.63) is 29.8 Å². The lowest BCUT2D eigenvalue weighted by atomic mass is 9.88. The normalized spacial score (nSPS) is 34.0. The maximum absolute atomic E-state index is 13.0. The summed E-state index contributed by atoms with van der Waals surface area (Å²) in [7, 11) is 2.27. The Balaban J connectivity index is 1.33. The molecule has 1 aliphatic carbocycles. The maximum atomic E-state index is 13.0. The second kappa shape index (κ2) is 4.83. The fourth-order valence-corrected chi connectivity index (χ4v) is 5.48. The third-order valence-corrected chi connectivity index (χ3v) is 7.04. The van der Waals surface area contributed by atoms with Gasteiger partial charge in [-0.05, 0) is 63.1 Å². The van der Waals surface area contributed by atoms with Gasteiger partial charge in [0.25, 0.3) is 0 Å². The van der Waals surface area contributed by atoms with Gasteiger partial charge in [0.05, 0.1) is 0 Å². The van der Waals surface area contributed by atoms with E-state index < -0.39 is 0 Å². The molecule has 1 spiro atoms. The molecule has 122 valence electrons. The Morgan fingerprint density at radius 1 is 1.17 bits per heavy atom. The third-order valence-electron chi connectivity index (χ3n) is 7.04. The topological polar surface area (TPSA) is 23.6 Å². The van der Waals surface area contributed by atoms with Crippen LogP contribution < -0.4 is 4.90 Å². The van der Waals surface area contributed by atoms with Crippen molar-refractivity contribution in [2.45, 2.75) is 62.4 Å². The van der Waals surface area contributed by atoms with Crippen molar-refractivity contribution in [1.29, 1.82) is 0 Å². The van der Waals surface area contributed by atoms with Crippen molar-refractivity contribution in [3.8, 4) is 0 Å². The Morgan fingerprint density at radius 2 is 1.87 bits per heavy atom. The third kappa shape index (κ3) is 2.09. The van der Waals surface area contributed by atoms with E-state index >= 15 is 0 Å². The van der Waals surface area contributed by atoms with Gasteiger partial charge in [-0.2, -0.15) is 0 Å². The number of piperidine rings is 1. The summed E-state index contributed by atoms with van der Waals surface area (Å²) in [6.07, 6.45) is 8.38. The zero-order chi connectivity index (χ0) is 15.6. The molecule has 5 rings (SSSR count). The van der Waals surface area contributed by atoms with Crippen molar-refractivity contribution in [1.82, 2.24) is 4.90 Å². The highest BCUT2D eigenvalue weighted by Crippen LogP contribution is 2.56. The average Bonchev–Trinajstić information content (AvgIpc) is 3.22. The van der Waals surface area contributed by atoms with Gasteiger partial charge in [-0.1, -0.05) is 18.2 Å². The van der Waals surface area contributed by atoms with Crippen molar-refractivity contribution >= 4 is 11.6 Å². The highest BCUT2D eigenvalue weighted by Gasteiger charge is 2.53. The van der Waals surface area contributed by atoms with Gasteiger partial charge >= 0.3 is 0 Å². The molecule has 2 unspecified atom stereocenters. The Bertz CT molecular complexity index is 637. The number of nitrogens with zero attached hydrogens (tertiary/aromatic N) is 2. The van der Waals surface area contributed by atoms with E-state index in [0.29, 0.717) is 17.2 Å². The second-order valence-corrected chi connectivity index (χ2v) is 8.37. The lowest BCUT2D eigenvalue weighted by Gasteiger charge is -2.36. The minimum Gasteiger partial charge on any atom is -0.311 e. The van der Waals surface area contributed by atoms with E-state index in [1.807, 2.05) is 0 Å².